The van der Waals surface area contributed by atoms with Crippen molar-refractivity contribution in [2.24, 2.45) is 0 Å². The second kappa shape index (κ2) is 8.00. The molecule has 0 atom stereocenters. The predicted molar refractivity (Wildman–Crippen MR) is 97.1 cm³/mol. The molecule has 0 saturated heterocycles. The van der Waals surface area contributed by atoms with Crippen LogP contribution in [-0.2, 0) is 0 Å². The van der Waals surface area contributed by atoms with Crippen LogP contribution < -0.4 is 19.5 Å². The summed E-state index contributed by atoms with van der Waals surface area (Å²) in [6.07, 6.45) is 0. The third kappa shape index (κ3) is 3.78. The minimum atomic E-state index is -0.558. The standard InChI is InChI=1S/C17H16INO5/c1-19-16(20)11-8-14(22-2)15(23-3)9-13(11)24-17(21)10-6-4-5-7-12(10)18/h4-9H,1-3H3,(H,19,20). The molecule has 0 spiro atoms. The van der Waals surface area contributed by atoms with Crippen LogP contribution in [-0.4, -0.2) is 33.1 Å². The number of hydrogen-bond donors (Lipinski definition) is 1. The van der Waals surface area contributed by atoms with Crippen LogP contribution in [0.25, 0.3) is 0 Å². The van der Waals surface area contributed by atoms with E-state index in [0.29, 0.717) is 17.1 Å². The molecule has 0 unspecified atom stereocenters. The van der Waals surface area contributed by atoms with Crippen molar-refractivity contribution >= 4 is 34.5 Å². The van der Waals surface area contributed by atoms with Gasteiger partial charge in [-0.05, 0) is 34.7 Å². The second-order valence-electron chi connectivity index (χ2n) is 4.65. The van der Waals surface area contributed by atoms with E-state index in [0.717, 1.165) is 3.57 Å². The number of methoxy groups -OCH3 is 2. The van der Waals surface area contributed by atoms with Crippen molar-refractivity contribution < 1.29 is 23.8 Å². The Morgan fingerprint density at radius 1 is 0.958 bits per heavy atom. The highest BCUT2D eigenvalue weighted by atomic mass is 127. The lowest BCUT2D eigenvalue weighted by atomic mass is 10.1. The molecule has 0 aliphatic carbocycles. The first kappa shape index (κ1) is 18.1. The molecule has 6 nitrogen and oxygen atoms in total. The van der Waals surface area contributed by atoms with E-state index in [9.17, 15) is 9.59 Å². The molecule has 0 heterocycles. The Bertz CT molecular complexity index is 776. The number of halogens is 1. The van der Waals surface area contributed by atoms with E-state index >= 15 is 0 Å². The Morgan fingerprint density at radius 2 is 1.58 bits per heavy atom. The van der Waals surface area contributed by atoms with Crippen LogP contribution in [0.1, 0.15) is 20.7 Å². The summed E-state index contributed by atoms with van der Waals surface area (Å²) in [5, 5.41) is 2.51. The lowest BCUT2D eigenvalue weighted by Gasteiger charge is -2.14. The average Bonchev–Trinajstić information content (AvgIpc) is 2.60. The van der Waals surface area contributed by atoms with Crippen molar-refractivity contribution in [3.05, 3.63) is 51.1 Å². The molecular weight excluding hydrogens is 425 g/mol. The molecule has 126 valence electrons. The fraction of sp³-hybridized carbons (Fsp3) is 0.176. The second-order valence-corrected chi connectivity index (χ2v) is 5.81. The first-order valence-corrected chi connectivity index (χ1v) is 8.04. The van der Waals surface area contributed by atoms with Crippen molar-refractivity contribution in [3.63, 3.8) is 0 Å². The molecule has 1 N–H and O–H groups in total. The van der Waals surface area contributed by atoms with Crippen LogP contribution in [0.4, 0.5) is 0 Å². The molecule has 1 amide bonds. The largest absolute Gasteiger partial charge is 0.493 e. The van der Waals surface area contributed by atoms with Crippen molar-refractivity contribution in [2.75, 3.05) is 21.3 Å². The molecule has 0 saturated carbocycles. The predicted octanol–water partition coefficient (Wildman–Crippen LogP) is 2.89. The summed E-state index contributed by atoms with van der Waals surface area (Å²) in [6, 6.07) is 9.95. The number of benzene rings is 2. The van der Waals surface area contributed by atoms with E-state index < -0.39 is 11.9 Å². The van der Waals surface area contributed by atoms with Crippen LogP contribution in [0.3, 0.4) is 0 Å². The van der Waals surface area contributed by atoms with Crippen molar-refractivity contribution in [1.82, 2.24) is 5.32 Å². The van der Waals surface area contributed by atoms with E-state index in [1.54, 1.807) is 18.2 Å². The van der Waals surface area contributed by atoms with Crippen molar-refractivity contribution in [3.8, 4) is 17.2 Å². The maximum absolute atomic E-state index is 12.4. The Labute approximate surface area is 153 Å². The zero-order valence-electron chi connectivity index (χ0n) is 13.4. The minimum Gasteiger partial charge on any atom is -0.493 e. The van der Waals surface area contributed by atoms with E-state index in [4.69, 9.17) is 14.2 Å². The number of esters is 1. The minimum absolute atomic E-state index is 0.0941. The number of hydrogen-bond acceptors (Lipinski definition) is 5. The molecule has 2 aromatic carbocycles. The number of nitrogens with one attached hydrogen (secondary N) is 1. The fourth-order valence-electron chi connectivity index (χ4n) is 2.04. The first-order valence-electron chi connectivity index (χ1n) is 6.96. The quantitative estimate of drug-likeness (QED) is 0.439. The highest BCUT2D eigenvalue weighted by Crippen LogP contribution is 2.35. The lowest BCUT2D eigenvalue weighted by Crippen LogP contribution is -2.20. The number of carbonyl (C=O) groups is 2. The topological polar surface area (TPSA) is 73.9 Å². The molecule has 0 bridgehead atoms. The van der Waals surface area contributed by atoms with Crippen molar-refractivity contribution in [2.45, 2.75) is 0 Å². The van der Waals surface area contributed by atoms with Gasteiger partial charge in [-0.3, -0.25) is 4.79 Å². The summed E-state index contributed by atoms with van der Waals surface area (Å²) in [5.41, 5.74) is 0.588. The van der Waals surface area contributed by atoms with Gasteiger partial charge in [0.2, 0.25) is 0 Å². The normalized spacial score (nSPS) is 10.0. The highest BCUT2D eigenvalue weighted by Gasteiger charge is 2.21. The van der Waals surface area contributed by atoms with Crippen LogP contribution in [0.2, 0.25) is 0 Å². The maximum atomic E-state index is 12.4. The van der Waals surface area contributed by atoms with Gasteiger partial charge in [-0.2, -0.15) is 0 Å². The molecule has 24 heavy (non-hydrogen) atoms. The zero-order valence-corrected chi connectivity index (χ0v) is 15.5. The van der Waals surface area contributed by atoms with Gasteiger partial charge in [-0.1, -0.05) is 12.1 Å². The van der Waals surface area contributed by atoms with E-state index in [1.165, 1.54) is 33.4 Å². The smallest absolute Gasteiger partial charge is 0.344 e. The first-order chi connectivity index (χ1) is 11.5. The van der Waals surface area contributed by atoms with E-state index in [-0.39, 0.29) is 11.3 Å². The monoisotopic (exact) mass is 441 g/mol. The summed E-state index contributed by atoms with van der Waals surface area (Å²) < 4.78 is 16.6. The number of carbonyl (C=O) groups excluding carboxylic acids is 2. The molecule has 2 aromatic rings. The van der Waals surface area contributed by atoms with E-state index in [2.05, 4.69) is 5.32 Å². The van der Waals surface area contributed by atoms with Gasteiger partial charge < -0.3 is 19.5 Å². The molecule has 0 aliphatic heterocycles. The van der Waals surface area contributed by atoms with Crippen LogP contribution >= 0.6 is 22.6 Å². The Kier molecular flexibility index (Phi) is 6.02. The molecular formula is C17H16INO5. The molecule has 2 rings (SSSR count). The Morgan fingerprint density at radius 3 is 2.17 bits per heavy atom. The molecule has 7 heteroatoms. The summed E-state index contributed by atoms with van der Waals surface area (Å²) >= 11 is 2.05. The van der Waals surface area contributed by atoms with Gasteiger partial charge in [0.15, 0.2) is 11.5 Å². The molecule has 0 radical (unpaired) electrons. The molecule has 0 fully saturated rings. The maximum Gasteiger partial charge on any atom is 0.344 e. The Balaban J connectivity index is 2.46. The SMILES string of the molecule is CNC(=O)c1cc(OC)c(OC)cc1OC(=O)c1ccccc1I. The van der Waals surface area contributed by atoms with Gasteiger partial charge >= 0.3 is 5.97 Å². The van der Waals surface area contributed by atoms with Gasteiger partial charge in [0.1, 0.15) is 5.75 Å². The van der Waals surface area contributed by atoms with Crippen LogP contribution in [0.15, 0.2) is 36.4 Å². The number of ether oxygens (including phenoxy) is 3. The summed E-state index contributed by atoms with van der Waals surface area (Å²) in [6.45, 7) is 0. The third-order valence-corrected chi connectivity index (χ3v) is 4.19. The molecule has 0 aromatic heterocycles. The van der Waals surface area contributed by atoms with Crippen LogP contribution in [0.5, 0.6) is 17.2 Å². The lowest BCUT2D eigenvalue weighted by molar-refractivity contribution is 0.0730. The van der Waals surface area contributed by atoms with E-state index in [1.807, 2.05) is 28.7 Å². The van der Waals surface area contributed by atoms with Gasteiger partial charge in [-0.15, -0.1) is 0 Å². The summed E-state index contributed by atoms with van der Waals surface area (Å²) in [7, 11) is 4.41. The summed E-state index contributed by atoms with van der Waals surface area (Å²) in [5.74, 6) is -0.142. The third-order valence-electron chi connectivity index (χ3n) is 3.25. The van der Waals surface area contributed by atoms with Gasteiger partial charge in [-0.25, -0.2) is 4.79 Å². The number of rotatable bonds is 5. The average molecular weight is 441 g/mol. The zero-order chi connectivity index (χ0) is 17.7. The highest BCUT2D eigenvalue weighted by molar-refractivity contribution is 14.1. The Hall–Kier alpha value is -2.29. The van der Waals surface area contributed by atoms with Crippen LogP contribution in [0, 0.1) is 3.57 Å². The van der Waals surface area contributed by atoms with Gasteiger partial charge in [0.05, 0.1) is 25.3 Å². The fourth-order valence-corrected chi connectivity index (χ4v) is 2.65. The molecule has 0 aliphatic rings. The van der Waals surface area contributed by atoms with Gasteiger partial charge in [0, 0.05) is 22.8 Å². The van der Waals surface area contributed by atoms with Crippen molar-refractivity contribution in [1.29, 1.82) is 0 Å². The summed E-state index contributed by atoms with van der Waals surface area (Å²) in [4.78, 5) is 24.5. The number of amides is 1. The van der Waals surface area contributed by atoms with Gasteiger partial charge in [0.25, 0.3) is 5.91 Å².